The average molecular weight is 496 g/mol. The molecule has 4 atom stereocenters. The number of phenolic OH excluding ortho intramolecular Hbond substituents is 1. The first-order valence-corrected chi connectivity index (χ1v) is 11.6. The van der Waals surface area contributed by atoms with Crippen molar-refractivity contribution in [3.8, 4) is 5.75 Å². The van der Waals surface area contributed by atoms with Gasteiger partial charge in [-0.05, 0) is 50.8 Å². The molecule has 0 saturated heterocycles. The Morgan fingerprint density at radius 2 is 1.79 bits per heavy atom. The fourth-order valence-electron chi connectivity index (χ4n) is 3.41. The molecule has 1 aliphatic rings. The molecule has 2 rings (SSSR count). The van der Waals surface area contributed by atoms with Crippen molar-refractivity contribution in [2.24, 2.45) is 5.92 Å². The number of amides is 3. The predicted octanol–water partition coefficient (Wildman–Crippen LogP) is 1.78. The van der Waals surface area contributed by atoms with Crippen LogP contribution in [-0.4, -0.2) is 71.0 Å². The van der Waals surface area contributed by atoms with Crippen LogP contribution in [0.3, 0.4) is 0 Å². The maximum atomic E-state index is 13.7. The van der Waals surface area contributed by atoms with Crippen LogP contribution in [0.5, 0.6) is 5.75 Å². The number of hydrogen-bond acceptors (Lipinski definition) is 8. The van der Waals surface area contributed by atoms with E-state index in [1.54, 1.807) is 20.8 Å². The maximum Gasteiger partial charge on any atom is 0.408 e. The van der Waals surface area contributed by atoms with Gasteiger partial charge in [-0.2, -0.15) is 12.6 Å². The van der Waals surface area contributed by atoms with Crippen molar-refractivity contribution >= 4 is 36.5 Å². The number of nitrogens with one attached hydrogen (secondary N) is 2. The molecule has 188 valence electrons. The third-order valence-corrected chi connectivity index (χ3v) is 5.59. The van der Waals surface area contributed by atoms with E-state index < -0.39 is 41.6 Å². The summed E-state index contributed by atoms with van der Waals surface area (Å²) in [5, 5.41) is 14.7. The largest absolute Gasteiger partial charge is 0.508 e. The molecule has 11 heteroatoms. The topological polar surface area (TPSA) is 134 Å². The molecule has 0 radical (unpaired) electrons. The lowest BCUT2D eigenvalue weighted by atomic mass is 10.0. The van der Waals surface area contributed by atoms with Gasteiger partial charge in [-0.1, -0.05) is 19.1 Å². The van der Waals surface area contributed by atoms with Gasteiger partial charge in [0.15, 0.2) is 0 Å². The summed E-state index contributed by atoms with van der Waals surface area (Å²) >= 11 is 4.24. The zero-order chi connectivity index (χ0) is 25.6. The van der Waals surface area contributed by atoms with E-state index in [1.165, 1.54) is 36.3 Å². The highest BCUT2D eigenvalue weighted by atomic mass is 32.1. The van der Waals surface area contributed by atoms with Gasteiger partial charge < -0.3 is 30.1 Å². The van der Waals surface area contributed by atoms with Crippen LogP contribution in [0.4, 0.5) is 4.79 Å². The number of aromatic hydroxyl groups is 1. The second kappa shape index (κ2) is 11.5. The summed E-state index contributed by atoms with van der Waals surface area (Å²) in [6, 6.07) is 3.44. The van der Waals surface area contributed by atoms with Gasteiger partial charge in [0.05, 0.1) is 7.11 Å². The third-order valence-electron chi connectivity index (χ3n) is 5.22. The summed E-state index contributed by atoms with van der Waals surface area (Å²) in [6.45, 7) is 6.68. The number of thiol groups is 1. The first kappa shape index (κ1) is 27.3. The molecule has 0 aliphatic heterocycles. The van der Waals surface area contributed by atoms with E-state index in [-0.39, 0.29) is 30.0 Å². The molecule has 0 spiro atoms. The van der Waals surface area contributed by atoms with Crippen LogP contribution < -0.4 is 10.6 Å². The fourth-order valence-corrected chi connectivity index (χ4v) is 3.66. The first-order chi connectivity index (χ1) is 15.9. The molecular formula is C23H33N3O7S. The van der Waals surface area contributed by atoms with Gasteiger partial charge in [-0.3, -0.25) is 14.4 Å². The van der Waals surface area contributed by atoms with Crippen molar-refractivity contribution in [2.75, 3.05) is 19.4 Å². The van der Waals surface area contributed by atoms with Crippen molar-refractivity contribution in [1.82, 2.24) is 15.5 Å². The van der Waals surface area contributed by atoms with Crippen LogP contribution in [0.2, 0.25) is 0 Å². The second-order valence-electron chi connectivity index (χ2n) is 9.20. The lowest BCUT2D eigenvalue weighted by Gasteiger charge is -2.34. The van der Waals surface area contributed by atoms with Gasteiger partial charge in [0.1, 0.15) is 30.0 Å². The van der Waals surface area contributed by atoms with Crippen LogP contribution in [0.1, 0.15) is 45.7 Å². The van der Waals surface area contributed by atoms with Gasteiger partial charge in [0.2, 0.25) is 11.8 Å². The lowest BCUT2D eigenvalue weighted by molar-refractivity contribution is -0.145. The van der Waals surface area contributed by atoms with Crippen LogP contribution in [-0.2, 0) is 23.9 Å². The number of esters is 1. The number of benzene rings is 1. The maximum absolute atomic E-state index is 13.7. The summed E-state index contributed by atoms with van der Waals surface area (Å²) in [5.41, 5.74) is -0.329. The number of hydrogen-bond donors (Lipinski definition) is 4. The van der Waals surface area contributed by atoms with E-state index in [0.717, 1.165) is 0 Å². The Morgan fingerprint density at radius 3 is 2.26 bits per heavy atom. The number of ether oxygens (including phenoxy) is 2. The van der Waals surface area contributed by atoms with Gasteiger partial charge >= 0.3 is 12.1 Å². The molecule has 3 amide bonds. The average Bonchev–Trinajstić information content (AvgIpc) is 3.48. The molecule has 0 bridgehead atoms. The Bertz CT molecular complexity index is 901. The van der Waals surface area contributed by atoms with Gasteiger partial charge in [0.25, 0.3) is 0 Å². The predicted molar refractivity (Wildman–Crippen MR) is 127 cm³/mol. The van der Waals surface area contributed by atoms with E-state index in [0.29, 0.717) is 12.0 Å². The van der Waals surface area contributed by atoms with Gasteiger partial charge in [-0.25, -0.2) is 4.79 Å². The minimum absolute atomic E-state index is 0.00466. The van der Waals surface area contributed by atoms with Crippen LogP contribution in [0.15, 0.2) is 24.3 Å². The molecule has 1 saturated carbocycles. The number of methoxy groups -OCH3 is 1. The Labute approximate surface area is 204 Å². The molecule has 34 heavy (non-hydrogen) atoms. The Kier molecular flexibility index (Phi) is 9.20. The molecule has 4 unspecified atom stereocenters. The van der Waals surface area contributed by atoms with E-state index in [4.69, 9.17) is 4.74 Å². The van der Waals surface area contributed by atoms with Crippen molar-refractivity contribution in [3.05, 3.63) is 29.8 Å². The standard InChI is InChI=1S/C23H33N3O7S/c1-13-10-17(13)26(21(30)16(12-34)25-22(31)33-23(2,3)4)19(14-6-8-15(27)9-7-14)20(29)24-11-18(28)32-5/h6-9,13,16-17,19,27,34H,10-12H2,1-5H3,(H,24,29)(H,25,31). The Balaban J connectivity index is 2.39. The second-order valence-corrected chi connectivity index (χ2v) is 9.56. The highest BCUT2D eigenvalue weighted by molar-refractivity contribution is 7.80. The van der Waals surface area contributed by atoms with Crippen molar-refractivity contribution in [1.29, 1.82) is 0 Å². The highest BCUT2D eigenvalue weighted by Gasteiger charge is 2.48. The summed E-state index contributed by atoms with van der Waals surface area (Å²) < 4.78 is 9.85. The molecule has 1 aliphatic carbocycles. The molecule has 1 fully saturated rings. The first-order valence-electron chi connectivity index (χ1n) is 10.9. The van der Waals surface area contributed by atoms with E-state index in [9.17, 15) is 24.3 Å². The van der Waals surface area contributed by atoms with Crippen molar-refractivity contribution in [3.63, 3.8) is 0 Å². The molecule has 10 nitrogen and oxygen atoms in total. The van der Waals surface area contributed by atoms with Crippen molar-refractivity contribution in [2.45, 2.75) is 57.8 Å². The fraction of sp³-hybridized carbons (Fsp3) is 0.565. The monoisotopic (exact) mass is 495 g/mol. The molecular weight excluding hydrogens is 462 g/mol. The normalized spacial score (nSPS) is 18.8. The quantitative estimate of drug-likeness (QED) is 0.303. The minimum atomic E-state index is -1.12. The van der Waals surface area contributed by atoms with E-state index in [1.807, 2.05) is 6.92 Å². The van der Waals surface area contributed by atoms with Crippen LogP contribution in [0.25, 0.3) is 0 Å². The van der Waals surface area contributed by atoms with E-state index in [2.05, 4.69) is 28.0 Å². The van der Waals surface area contributed by atoms with Crippen LogP contribution in [0, 0.1) is 5.92 Å². The molecule has 0 heterocycles. The van der Waals surface area contributed by atoms with Crippen LogP contribution >= 0.6 is 12.6 Å². The summed E-state index contributed by atoms with van der Waals surface area (Å²) in [4.78, 5) is 52.3. The number of nitrogens with zero attached hydrogens (tertiary/aromatic N) is 1. The van der Waals surface area contributed by atoms with Crippen molar-refractivity contribution < 1.29 is 33.8 Å². The van der Waals surface area contributed by atoms with E-state index >= 15 is 0 Å². The molecule has 0 aromatic heterocycles. The summed E-state index contributed by atoms with van der Waals surface area (Å²) in [6.07, 6.45) is -0.115. The summed E-state index contributed by atoms with van der Waals surface area (Å²) in [5.74, 6) is -1.66. The number of phenols is 1. The minimum Gasteiger partial charge on any atom is -0.508 e. The lowest BCUT2D eigenvalue weighted by Crippen LogP contribution is -2.55. The number of carbonyl (C=O) groups is 4. The Hall–Kier alpha value is -2.95. The zero-order valence-corrected chi connectivity index (χ0v) is 20.9. The summed E-state index contributed by atoms with van der Waals surface area (Å²) in [7, 11) is 1.20. The zero-order valence-electron chi connectivity index (χ0n) is 20.0. The number of alkyl carbamates (subject to hydrolysis) is 1. The smallest absolute Gasteiger partial charge is 0.408 e. The molecule has 1 aromatic rings. The molecule has 1 aromatic carbocycles. The van der Waals surface area contributed by atoms with Gasteiger partial charge in [0, 0.05) is 11.8 Å². The Morgan fingerprint density at radius 1 is 1.21 bits per heavy atom. The number of carbonyl (C=O) groups excluding carboxylic acids is 4. The third kappa shape index (κ3) is 7.54. The SMILES string of the molecule is COC(=O)CNC(=O)C(c1ccc(O)cc1)N(C(=O)C(CS)NC(=O)OC(C)(C)C)C1CC1C. The molecule has 3 N–H and O–H groups in total. The number of rotatable bonds is 9. The van der Waals surface area contributed by atoms with Gasteiger partial charge in [-0.15, -0.1) is 0 Å². The highest BCUT2D eigenvalue weighted by Crippen LogP contribution is 2.41.